The Bertz CT molecular complexity index is 472. The van der Waals surface area contributed by atoms with Gasteiger partial charge in [0.25, 0.3) is 0 Å². The molecule has 4 heteroatoms. The van der Waals surface area contributed by atoms with Crippen LogP contribution in [0.4, 0.5) is 0 Å². The summed E-state index contributed by atoms with van der Waals surface area (Å²) >= 11 is 1.72. The van der Waals surface area contributed by atoms with E-state index in [0.717, 1.165) is 31.8 Å². The molecule has 1 saturated heterocycles. The summed E-state index contributed by atoms with van der Waals surface area (Å²) < 4.78 is 5.97. The van der Waals surface area contributed by atoms with E-state index in [1.54, 1.807) is 11.3 Å². The third-order valence-electron chi connectivity index (χ3n) is 3.12. The highest BCUT2D eigenvalue weighted by atomic mass is 32.1. The van der Waals surface area contributed by atoms with Crippen molar-refractivity contribution in [1.82, 2.24) is 9.88 Å². The van der Waals surface area contributed by atoms with Gasteiger partial charge in [0, 0.05) is 24.7 Å². The van der Waals surface area contributed by atoms with Crippen molar-refractivity contribution in [3.05, 3.63) is 46.9 Å². The topological polar surface area (TPSA) is 25.4 Å². The molecule has 0 amide bonds. The summed E-state index contributed by atoms with van der Waals surface area (Å²) in [5.74, 6) is 0.971. The number of para-hydroxylation sites is 1. The summed E-state index contributed by atoms with van der Waals surface area (Å²) in [6, 6.07) is 10.1. The Balaban J connectivity index is 1.52. The Morgan fingerprint density at radius 3 is 3.00 bits per heavy atom. The standard InChI is InChI=1S/C14H16N2OS/c1-2-4-12(5-3-1)17-13-6-8-16(10-13)11-14-15-7-9-18-14/h1-5,7,9,13H,6,8,10-11H2/t13-/m1/s1. The van der Waals surface area contributed by atoms with Crippen LogP contribution >= 0.6 is 11.3 Å². The minimum atomic E-state index is 0.312. The van der Waals surface area contributed by atoms with Crippen LogP contribution in [-0.2, 0) is 6.54 Å². The molecule has 1 aromatic carbocycles. The molecule has 0 saturated carbocycles. The molecule has 1 atom stereocenters. The van der Waals surface area contributed by atoms with Gasteiger partial charge in [-0.05, 0) is 18.6 Å². The first-order valence-corrected chi connectivity index (χ1v) is 7.10. The van der Waals surface area contributed by atoms with Crippen LogP contribution in [0.2, 0.25) is 0 Å². The van der Waals surface area contributed by atoms with E-state index in [9.17, 15) is 0 Å². The Morgan fingerprint density at radius 1 is 1.33 bits per heavy atom. The van der Waals surface area contributed by atoms with Crippen molar-refractivity contribution in [2.75, 3.05) is 13.1 Å². The number of likely N-dealkylation sites (tertiary alicyclic amines) is 1. The van der Waals surface area contributed by atoms with Crippen molar-refractivity contribution in [3.8, 4) is 5.75 Å². The molecule has 2 aromatic rings. The lowest BCUT2D eigenvalue weighted by Gasteiger charge is -2.15. The van der Waals surface area contributed by atoms with Crippen LogP contribution in [0.5, 0.6) is 5.75 Å². The van der Waals surface area contributed by atoms with Gasteiger partial charge in [-0.1, -0.05) is 18.2 Å². The van der Waals surface area contributed by atoms with Gasteiger partial charge in [0.05, 0.1) is 6.54 Å². The molecule has 0 spiro atoms. The number of aromatic nitrogens is 1. The Labute approximate surface area is 111 Å². The normalized spacial score (nSPS) is 20.1. The molecule has 1 aliphatic heterocycles. The number of hydrogen-bond donors (Lipinski definition) is 0. The fourth-order valence-corrected chi connectivity index (χ4v) is 2.91. The molecule has 1 aromatic heterocycles. The molecule has 0 unspecified atom stereocenters. The molecular weight excluding hydrogens is 244 g/mol. The smallest absolute Gasteiger partial charge is 0.119 e. The molecule has 0 aliphatic carbocycles. The van der Waals surface area contributed by atoms with Crippen LogP contribution in [0, 0.1) is 0 Å². The molecule has 94 valence electrons. The first-order valence-electron chi connectivity index (χ1n) is 6.22. The van der Waals surface area contributed by atoms with E-state index in [-0.39, 0.29) is 0 Å². The van der Waals surface area contributed by atoms with Gasteiger partial charge in [-0.2, -0.15) is 0 Å². The molecule has 3 nitrogen and oxygen atoms in total. The van der Waals surface area contributed by atoms with E-state index in [1.807, 2.05) is 41.9 Å². The lowest BCUT2D eigenvalue weighted by Crippen LogP contribution is -2.24. The van der Waals surface area contributed by atoms with Gasteiger partial charge in [-0.25, -0.2) is 4.98 Å². The number of hydrogen-bond acceptors (Lipinski definition) is 4. The third kappa shape index (κ3) is 2.89. The molecule has 1 aliphatic rings. The minimum absolute atomic E-state index is 0.312. The maximum atomic E-state index is 5.97. The van der Waals surface area contributed by atoms with Crippen molar-refractivity contribution >= 4 is 11.3 Å². The number of nitrogens with zero attached hydrogens (tertiary/aromatic N) is 2. The van der Waals surface area contributed by atoms with Gasteiger partial charge in [0.1, 0.15) is 16.9 Å². The second-order valence-electron chi connectivity index (χ2n) is 4.50. The summed E-state index contributed by atoms with van der Waals surface area (Å²) in [7, 11) is 0. The highest BCUT2D eigenvalue weighted by molar-refractivity contribution is 7.09. The predicted octanol–water partition coefficient (Wildman–Crippen LogP) is 2.80. The van der Waals surface area contributed by atoms with Gasteiger partial charge >= 0.3 is 0 Å². The molecule has 0 N–H and O–H groups in total. The van der Waals surface area contributed by atoms with E-state index in [0.29, 0.717) is 6.10 Å². The van der Waals surface area contributed by atoms with E-state index in [2.05, 4.69) is 9.88 Å². The van der Waals surface area contributed by atoms with Gasteiger partial charge < -0.3 is 4.74 Å². The fourth-order valence-electron chi connectivity index (χ4n) is 2.25. The van der Waals surface area contributed by atoms with Crippen LogP contribution in [0.15, 0.2) is 41.9 Å². The highest BCUT2D eigenvalue weighted by Gasteiger charge is 2.24. The van der Waals surface area contributed by atoms with E-state index >= 15 is 0 Å². The van der Waals surface area contributed by atoms with Gasteiger partial charge in [-0.3, -0.25) is 4.90 Å². The lowest BCUT2D eigenvalue weighted by atomic mass is 10.3. The van der Waals surface area contributed by atoms with Crippen LogP contribution in [0.25, 0.3) is 0 Å². The minimum Gasteiger partial charge on any atom is -0.489 e. The van der Waals surface area contributed by atoms with Gasteiger partial charge in [0.2, 0.25) is 0 Å². The zero-order chi connectivity index (χ0) is 12.2. The second kappa shape index (κ2) is 5.50. The molecule has 2 heterocycles. The Kier molecular flexibility index (Phi) is 3.57. The van der Waals surface area contributed by atoms with E-state index in [1.165, 1.54) is 5.01 Å². The Hall–Kier alpha value is -1.39. The largest absolute Gasteiger partial charge is 0.489 e. The number of thiazole rings is 1. The maximum Gasteiger partial charge on any atom is 0.119 e. The average Bonchev–Trinajstić information content (AvgIpc) is 3.03. The van der Waals surface area contributed by atoms with Crippen LogP contribution in [0.1, 0.15) is 11.4 Å². The van der Waals surface area contributed by atoms with Crippen LogP contribution < -0.4 is 4.74 Å². The van der Waals surface area contributed by atoms with E-state index < -0.39 is 0 Å². The van der Waals surface area contributed by atoms with Crippen molar-refractivity contribution in [3.63, 3.8) is 0 Å². The molecular formula is C14H16N2OS. The third-order valence-corrected chi connectivity index (χ3v) is 3.88. The van der Waals surface area contributed by atoms with Gasteiger partial charge in [0.15, 0.2) is 0 Å². The van der Waals surface area contributed by atoms with Gasteiger partial charge in [-0.15, -0.1) is 11.3 Å². The lowest BCUT2D eigenvalue weighted by molar-refractivity contribution is 0.198. The fraction of sp³-hybridized carbons (Fsp3) is 0.357. The summed E-state index contributed by atoms with van der Waals surface area (Å²) in [5, 5.41) is 3.22. The first kappa shape index (κ1) is 11.7. The van der Waals surface area contributed by atoms with Crippen molar-refractivity contribution in [2.45, 2.75) is 19.1 Å². The van der Waals surface area contributed by atoms with E-state index in [4.69, 9.17) is 4.74 Å². The molecule has 3 rings (SSSR count). The molecule has 1 fully saturated rings. The number of rotatable bonds is 4. The highest BCUT2D eigenvalue weighted by Crippen LogP contribution is 2.19. The maximum absolute atomic E-state index is 5.97. The molecule has 0 bridgehead atoms. The predicted molar refractivity (Wildman–Crippen MR) is 72.9 cm³/mol. The van der Waals surface area contributed by atoms with Crippen molar-refractivity contribution < 1.29 is 4.74 Å². The zero-order valence-electron chi connectivity index (χ0n) is 10.2. The summed E-state index contributed by atoms with van der Waals surface area (Å²) in [6.07, 6.45) is 3.28. The first-order chi connectivity index (χ1) is 8.90. The summed E-state index contributed by atoms with van der Waals surface area (Å²) in [5.41, 5.74) is 0. The number of benzene rings is 1. The molecule has 0 radical (unpaired) electrons. The summed E-state index contributed by atoms with van der Waals surface area (Å²) in [4.78, 5) is 6.73. The summed E-state index contributed by atoms with van der Waals surface area (Å²) in [6.45, 7) is 3.04. The van der Waals surface area contributed by atoms with Crippen molar-refractivity contribution in [2.24, 2.45) is 0 Å². The SMILES string of the molecule is c1ccc(O[C@@H]2CCN(Cc3nccs3)C2)cc1. The average molecular weight is 260 g/mol. The monoisotopic (exact) mass is 260 g/mol. The zero-order valence-corrected chi connectivity index (χ0v) is 11.0. The van der Waals surface area contributed by atoms with Crippen molar-refractivity contribution in [1.29, 1.82) is 0 Å². The number of ether oxygens (including phenoxy) is 1. The van der Waals surface area contributed by atoms with Crippen LogP contribution in [-0.4, -0.2) is 29.1 Å². The quantitative estimate of drug-likeness (QED) is 0.845. The van der Waals surface area contributed by atoms with Crippen LogP contribution in [0.3, 0.4) is 0 Å². The Morgan fingerprint density at radius 2 is 2.22 bits per heavy atom. The molecule has 18 heavy (non-hydrogen) atoms. The second-order valence-corrected chi connectivity index (χ2v) is 5.48.